The summed E-state index contributed by atoms with van der Waals surface area (Å²) in [4.78, 5) is 12.0. The third kappa shape index (κ3) is 5.57. The number of amides is 2. The lowest BCUT2D eigenvalue weighted by Gasteiger charge is -2.15. The van der Waals surface area contributed by atoms with E-state index in [0.717, 1.165) is 11.1 Å². The van der Waals surface area contributed by atoms with Gasteiger partial charge in [-0.3, -0.25) is 0 Å². The zero-order valence-electron chi connectivity index (χ0n) is 14.6. The number of nitrogens with one attached hydrogen (secondary N) is 2. The van der Waals surface area contributed by atoms with Gasteiger partial charge in [-0.25, -0.2) is 4.79 Å². The molecule has 5 nitrogen and oxygen atoms in total. The molecule has 0 heterocycles. The number of hydrogen-bond donors (Lipinski definition) is 2. The van der Waals surface area contributed by atoms with Crippen LogP contribution in [0.2, 0.25) is 5.02 Å². The van der Waals surface area contributed by atoms with Crippen molar-refractivity contribution in [3.05, 3.63) is 58.6 Å². The third-order valence-corrected chi connectivity index (χ3v) is 4.12. The molecule has 0 aliphatic rings. The van der Waals surface area contributed by atoms with Crippen LogP contribution in [0.25, 0.3) is 0 Å². The highest BCUT2D eigenvalue weighted by Crippen LogP contribution is 2.27. The lowest BCUT2D eigenvalue weighted by atomic mass is 10.1. The second kappa shape index (κ2) is 9.18. The highest BCUT2D eigenvalue weighted by molar-refractivity contribution is 6.30. The summed E-state index contributed by atoms with van der Waals surface area (Å²) in [6.07, 6.45) is 0.698. The molecular weight excluding hydrogens is 340 g/mol. The molecule has 0 spiro atoms. The fourth-order valence-corrected chi connectivity index (χ4v) is 2.56. The van der Waals surface area contributed by atoms with Crippen LogP contribution in [0.1, 0.15) is 24.1 Å². The van der Waals surface area contributed by atoms with Gasteiger partial charge in [-0.1, -0.05) is 29.8 Å². The van der Waals surface area contributed by atoms with E-state index < -0.39 is 0 Å². The number of carbonyl (C=O) groups excluding carboxylic acids is 1. The normalized spacial score (nSPS) is 11.5. The molecule has 2 rings (SSSR count). The summed E-state index contributed by atoms with van der Waals surface area (Å²) >= 11 is 5.87. The maximum Gasteiger partial charge on any atom is 0.315 e. The van der Waals surface area contributed by atoms with E-state index in [1.807, 2.05) is 49.4 Å². The Morgan fingerprint density at radius 2 is 1.76 bits per heavy atom. The lowest BCUT2D eigenvalue weighted by Crippen LogP contribution is -2.38. The quantitative estimate of drug-likeness (QED) is 0.783. The summed E-state index contributed by atoms with van der Waals surface area (Å²) in [6, 6.07) is 12.8. The summed E-state index contributed by atoms with van der Waals surface area (Å²) in [6.45, 7) is 2.45. The van der Waals surface area contributed by atoms with E-state index in [1.165, 1.54) is 0 Å². The first-order valence-corrected chi connectivity index (χ1v) is 8.42. The minimum Gasteiger partial charge on any atom is -0.493 e. The maximum absolute atomic E-state index is 12.0. The largest absolute Gasteiger partial charge is 0.493 e. The van der Waals surface area contributed by atoms with Gasteiger partial charge in [0.1, 0.15) is 0 Å². The Kier molecular flexibility index (Phi) is 6.95. The maximum atomic E-state index is 12.0. The first-order valence-electron chi connectivity index (χ1n) is 8.04. The van der Waals surface area contributed by atoms with Crippen LogP contribution in [-0.2, 0) is 6.42 Å². The molecule has 2 aromatic rings. The van der Waals surface area contributed by atoms with Crippen molar-refractivity contribution in [2.75, 3.05) is 20.8 Å². The summed E-state index contributed by atoms with van der Waals surface area (Å²) in [5.74, 6) is 1.37. The van der Waals surface area contributed by atoms with Crippen molar-refractivity contribution in [1.82, 2.24) is 10.6 Å². The molecular formula is C19H23ClN2O3. The Labute approximate surface area is 153 Å². The Morgan fingerprint density at radius 1 is 1.08 bits per heavy atom. The number of benzene rings is 2. The predicted octanol–water partition coefficient (Wildman–Crippen LogP) is 3.96. The average Bonchev–Trinajstić information content (AvgIpc) is 2.62. The Hall–Kier alpha value is -2.40. The molecule has 0 unspecified atom stereocenters. The second-order valence-electron chi connectivity index (χ2n) is 5.61. The van der Waals surface area contributed by atoms with Crippen molar-refractivity contribution in [1.29, 1.82) is 0 Å². The van der Waals surface area contributed by atoms with E-state index >= 15 is 0 Å². The van der Waals surface area contributed by atoms with Crippen molar-refractivity contribution in [3.63, 3.8) is 0 Å². The van der Waals surface area contributed by atoms with Crippen LogP contribution in [0.5, 0.6) is 11.5 Å². The number of urea groups is 1. The van der Waals surface area contributed by atoms with Gasteiger partial charge in [-0.05, 0) is 48.7 Å². The van der Waals surface area contributed by atoms with E-state index in [1.54, 1.807) is 14.2 Å². The minimum absolute atomic E-state index is 0.0988. The first kappa shape index (κ1) is 18.9. The Bertz CT molecular complexity index is 704. The van der Waals surface area contributed by atoms with E-state index in [-0.39, 0.29) is 12.1 Å². The smallest absolute Gasteiger partial charge is 0.315 e. The molecule has 0 saturated carbocycles. The number of rotatable bonds is 7. The minimum atomic E-state index is -0.206. The van der Waals surface area contributed by atoms with Gasteiger partial charge in [0.25, 0.3) is 0 Å². The summed E-state index contributed by atoms with van der Waals surface area (Å²) in [5.41, 5.74) is 2.06. The van der Waals surface area contributed by atoms with E-state index in [2.05, 4.69) is 10.6 Å². The van der Waals surface area contributed by atoms with E-state index in [0.29, 0.717) is 29.5 Å². The first-order chi connectivity index (χ1) is 12.0. The molecule has 0 saturated heterocycles. The molecule has 0 aromatic heterocycles. The molecule has 25 heavy (non-hydrogen) atoms. The Balaban J connectivity index is 1.81. The summed E-state index contributed by atoms with van der Waals surface area (Å²) in [7, 11) is 3.21. The third-order valence-electron chi connectivity index (χ3n) is 3.86. The molecule has 0 radical (unpaired) electrons. The van der Waals surface area contributed by atoms with Gasteiger partial charge in [-0.15, -0.1) is 0 Å². The predicted molar refractivity (Wildman–Crippen MR) is 99.7 cm³/mol. The number of halogens is 1. The van der Waals surface area contributed by atoms with Crippen LogP contribution >= 0.6 is 11.6 Å². The molecule has 1 atom stereocenters. The van der Waals surface area contributed by atoms with Crippen LogP contribution in [0, 0.1) is 0 Å². The zero-order valence-corrected chi connectivity index (χ0v) is 15.4. The van der Waals surface area contributed by atoms with Crippen LogP contribution < -0.4 is 20.1 Å². The number of hydrogen-bond acceptors (Lipinski definition) is 3. The van der Waals surface area contributed by atoms with Crippen molar-refractivity contribution >= 4 is 17.6 Å². The highest BCUT2D eigenvalue weighted by Gasteiger charge is 2.09. The van der Waals surface area contributed by atoms with Gasteiger partial charge in [0.05, 0.1) is 20.3 Å². The standard InChI is InChI=1S/C19H23ClN2O3/c1-13(15-5-7-16(20)8-6-15)22-19(23)21-11-10-14-4-9-17(24-2)18(12-14)25-3/h4-9,12-13H,10-11H2,1-3H3,(H2,21,22,23)/t13-/m1/s1. The van der Waals surface area contributed by atoms with Gasteiger partial charge >= 0.3 is 6.03 Å². The molecule has 134 valence electrons. The fraction of sp³-hybridized carbons (Fsp3) is 0.316. The zero-order chi connectivity index (χ0) is 18.2. The summed E-state index contributed by atoms with van der Waals surface area (Å²) < 4.78 is 10.5. The van der Waals surface area contributed by atoms with Crippen LogP contribution in [0.4, 0.5) is 4.79 Å². The Morgan fingerprint density at radius 3 is 2.40 bits per heavy atom. The van der Waals surface area contributed by atoms with Gasteiger partial charge < -0.3 is 20.1 Å². The topological polar surface area (TPSA) is 59.6 Å². The molecule has 6 heteroatoms. The number of methoxy groups -OCH3 is 2. The molecule has 2 N–H and O–H groups in total. The lowest BCUT2D eigenvalue weighted by molar-refractivity contribution is 0.238. The van der Waals surface area contributed by atoms with Gasteiger partial charge in [0, 0.05) is 11.6 Å². The van der Waals surface area contributed by atoms with E-state index in [9.17, 15) is 4.79 Å². The monoisotopic (exact) mass is 362 g/mol. The van der Waals surface area contributed by atoms with Gasteiger partial charge in [0.2, 0.25) is 0 Å². The van der Waals surface area contributed by atoms with Crippen molar-refractivity contribution in [3.8, 4) is 11.5 Å². The molecule has 0 aliphatic carbocycles. The molecule has 2 aromatic carbocycles. The number of ether oxygens (including phenoxy) is 2. The van der Waals surface area contributed by atoms with Crippen LogP contribution in [0.15, 0.2) is 42.5 Å². The molecule has 2 amide bonds. The van der Waals surface area contributed by atoms with Crippen molar-refractivity contribution in [2.45, 2.75) is 19.4 Å². The number of carbonyl (C=O) groups is 1. The SMILES string of the molecule is COc1ccc(CCNC(=O)N[C@H](C)c2ccc(Cl)cc2)cc1OC. The average molecular weight is 363 g/mol. The molecule has 0 bridgehead atoms. The van der Waals surface area contributed by atoms with Crippen LogP contribution in [0.3, 0.4) is 0 Å². The van der Waals surface area contributed by atoms with Crippen LogP contribution in [-0.4, -0.2) is 26.8 Å². The van der Waals surface area contributed by atoms with Crippen molar-refractivity contribution < 1.29 is 14.3 Å². The summed E-state index contributed by atoms with van der Waals surface area (Å²) in [5, 5.41) is 6.44. The van der Waals surface area contributed by atoms with Gasteiger partial charge in [0.15, 0.2) is 11.5 Å². The molecule has 0 fully saturated rings. The van der Waals surface area contributed by atoms with Crippen molar-refractivity contribution in [2.24, 2.45) is 0 Å². The molecule has 0 aliphatic heterocycles. The fourth-order valence-electron chi connectivity index (χ4n) is 2.44. The highest BCUT2D eigenvalue weighted by atomic mass is 35.5. The van der Waals surface area contributed by atoms with Gasteiger partial charge in [-0.2, -0.15) is 0 Å². The second-order valence-corrected chi connectivity index (χ2v) is 6.05. The van der Waals surface area contributed by atoms with E-state index in [4.69, 9.17) is 21.1 Å².